The summed E-state index contributed by atoms with van der Waals surface area (Å²) in [7, 11) is 0. The van der Waals surface area contributed by atoms with E-state index in [1.807, 2.05) is 6.92 Å². The van der Waals surface area contributed by atoms with Crippen LogP contribution in [0.1, 0.15) is 48.7 Å². The molecule has 4 atom stereocenters. The van der Waals surface area contributed by atoms with Crippen LogP contribution in [0.4, 0.5) is 4.39 Å². The number of amides is 1. The second-order valence-corrected chi connectivity index (χ2v) is 8.63. The molecule has 0 spiro atoms. The molecule has 2 saturated carbocycles. The maximum Gasteiger partial charge on any atom is 0.259 e. The second-order valence-electron chi connectivity index (χ2n) is 8.63. The van der Waals surface area contributed by atoms with Crippen LogP contribution < -0.4 is 5.32 Å². The fraction of sp³-hybridized carbons (Fsp3) is 0.435. The van der Waals surface area contributed by atoms with Crippen LogP contribution in [0.25, 0.3) is 22.4 Å². The maximum absolute atomic E-state index is 13.3. The molecule has 5 rings (SSSR count). The number of aromatic nitrogens is 2. The molecule has 1 N–H and O–H groups in total. The number of hydrogen-bond donors (Lipinski definition) is 1. The first-order valence-electron chi connectivity index (χ1n) is 10.3. The summed E-state index contributed by atoms with van der Waals surface area (Å²) in [6, 6.07) is 7.89. The van der Waals surface area contributed by atoms with Crippen molar-refractivity contribution < 1.29 is 13.7 Å². The molecule has 2 fully saturated rings. The summed E-state index contributed by atoms with van der Waals surface area (Å²) >= 11 is 0. The number of rotatable bonds is 4. The van der Waals surface area contributed by atoms with Crippen molar-refractivity contribution in [1.82, 2.24) is 15.5 Å². The van der Waals surface area contributed by atoms with E-state index in [0.717, 1.165) is 11.8 Å². The Balaban J connectivity index is 1.49. The van der Waals surface area contributed by atoms with Gasteiger partial charge in [0.05, 0.1) is 10.9 Å². The molecule has 29 heavy (non-hydrogen) atoms. The Morgan fingerprint density at radius 1 is 1.24 bits per heavy atom. The molecule has 3 aromatic rings. The van der Waals surface area contributed by atoms with Gasteiger partial charge in [0, 0.05) is 17.3 Å². The standard InChI is InChI=1S/C23H24FN3O2/c1-12-9-19(22(28)26-13(2)18-11-14-3-4-16(18)10-14)20-21(27-29-23(20)25-12)15-5-7-17(24)8-6-15/h5-9,13-14,16,18H,3-4,10-11H2,1-2H3,(H,26,28). The Morgan fingerprint density at radius 2 is 2.03 bits per heavy atom. The van der Waals surface area contributed by atoms with Crippen molar-refractivity contribution in [2.45, 2.75) is 45.6 Å². The summed E-state index contributed by atoms with van der Waals surface area (Å²) in [6.45, 7) is 3.94. The first-order chi connectivity index (χ1) is 14.0. The molecule has 2 aromatic heterocycles. The van der Waals surface area contributed by atoms with Crippen molar-refractivity contribution >= 4 is 17.0 Å². The van der Waals surface area contributed by atoms with Crippen LogP contribution in [0.15, 0.2) is 34.9 Å². The van der Waals surface area contributed by atoms with Gasteiger partial charge in [-0.1, -0.05) is 11.6 Å². The van der Waals surface area contributed by atoms with Gasteiger partial charge in [-0.25, -0.2) is 9.37 Å². The summed E-state index contributed by atoms with van der Waals surface area (Å²) in [6.07, 6.45) is 5.15. The molecule has 4 unspecified atom stereocenters. The number of benzene rings is 1. The highest BCUT2D eigenvalue weighted by Crippen LogP contribution is 2.49. The topological polar surface area (TPSA) is 68.0 Å². The number of fused-ring (bicyclic) bond motifs is 3. The normalized spacial score (nSPS) is 24.2. The number of carbonyl (C=O) groups is 1. The van der Waals surface area contributed by atoms with Crippen LogP contribution in [0.2, 0.25) is 0 Å². The van der Waals surface area contributed by atoms with E-state index in [9.17, 15) is 9.18 Å². The van der Waals surface area contributed by atoms with Crippen molar-refractivity contribution in [3.63, 3.8) is 0 Å². The first kappa shape index (κ1) is 18.3. The summed E-state index contributed by atoms with van der Waals surface area (Å²) in [4.78, 5) is 17.6. The van der Waals surface area contributed by atoms with Gasteiger partial charge in [0.25, 0.3) is 11.6 Å². The van der Waals surface area contributed by atoms with Crippen LogP contribution in [0, 0.1) is 30.5 Å². The first-order valence-corrected chi connectivity index (χ1v) is 10.3. The number of nitrogens with one attached hydrogen (secondary N) is 1. The molecular formula is C23H24FN3O2. The molecule has 6 heteroatoms. The predicted molar refractivity (Wildman–Crippen MR) is 108 cm³/mol. The molecule has 0 radical (unpaired) electrons. The lowest BCUT2D eigenvalue weighted by Crippen LogP contribution is -2.40. The molecule has 1 amide bonds. The Bertz CT molecular complexity index is 1080. The number of carbonyl (C=O) groups excluding carboxylic acids is 1. The van der Waals surface area contributed by atoms with Gasteiger partial charge in [0.2, 0.25) is 0 Å². The zero-order valence-electron chi connectivity index (χ0n) is 16.6. The summed E-state index contributed by atoms with van der Waals surface area (Å²) in [5.74, 6) is 1.66. The van der Waals surface area contributed by atoms with Gasteiger partial charge in [-0.3, -0.25) is 4.79 Å². The van der Waals surface area contributed by atoms with Crippen molar-refractivity contribution in [2.75, 3.05) is 0 Å². The largest absolute Gasteiger partial charge is 0.349 e. The van der Waals surface area contributed by atoms with Crippen molar-refractivity contribution in [1.29, 1.82) is 0 Å². The number of aryl methyl sites for hydroxylation is 1. The highest BCUT2D eigenvalue weighted by Gasteiger charge is 2.42. The molecule has 0 aliphatic heterocycles. The van der Waals surface area contributed by atoms with Crippen molar-refractivity contribution in [3.05, 3.63) is 47.4 Å². The number of pyridine rings is 1. The van der Waals surface area contributed by atoms with Crippen LogP contribution in [0.3, 0.4) is 0 Å². The fourth-order valence-corrected chi connectivity index (χ4v) is 5.36. The quantitative estimate of drug-likeness (QED) is 0.685. The lowest BCUT2D eigenvalue weighted by molar-refractivity contribution is 0.0917. The zero-order valence-corrected chi connectivity index (χ0v) is 16.6. The molecule has 2 bridgehead atoms. The molecule has 2 aliphatic rings. The van der Waals surface area contributed by atoms with E-state index in [4.69, 9.17) is 4.52 Å². The lowest BCUT2D eigenvalue weighted by Gasteiger charge is -2.28. The van der Waals surface area contributed by atoms with Crippen LogP contribution in [0.5, 0.6) is 0 Å². The van der Waals surface area contributed by atoms with E-state index in [-0.39, 0.29) is 17.8 Å². The second kappa shape index (κ2) is 6.94. The number of halogens is 1. The highest BCUT2D eigenvalue weighted by atomic mass is 19.1. The van der Waals surface area contributed by atoms with Crippen LogP contribution in [-0.4, -0.2) is 22.1 Å². The summed E-state index contributed by atoms with van der Waals surface area (Å²) in [5.41, 5.74) is 2.71. The molecule has 2 aliphatic carbocycles. The van der Waals surface area contributed by atoms with Gasteiger partial charge in [0.1, 0.15) is 11.5 Å². The van der Waals surface area contributed by atoms with Gasteiger partial charge in [-0.15, -0.1) is 0 Å². The smallest absolute Gasteiger partial charge is 0.259 e. The number of hydrogen-bond acceptors (Lipinski definition) is 4. The van der Waals surface area contributed by atoms with Crippen LogP contribution in [-0.2, 0) is 0 Å². The van der Waals surface area contributed by atoms with E-state index >= 15 is 0 Å². The third-order valence-corrected chi connectivity index (χ3v) is 6.73. The maximum atomic E-state index is 13.3. The Labute approximate surface area is 168 Å². The van der Waals surface area contributed by atoms with Gasteiger partial charge < -0.3 is 9.84 Å². The molecule has 1 aromatic carbocycles. The third-order valence-electron chi connectivity index (χ3n) is 6.73. The van der Waals surface area contributed by atoms with E-state index in [1.165, 1.54) is 37.8 Å². The Morgan fingerprint density at radius 3 is 2.72 bits per heavy atom. The highest BCUT2D eigenvalue weighted by molar-refractivity contribution is 6.09. The van der Waals surface area contributed by atoms with E-state index < -0.39 is 0 Å². The van der Waals surface area contributed by atoms with Crippen LogP contribution >= 0.6 is 0 Å². The third kappa shape index (κ3) is 3.20. The summed E-state index contributed by atoms with van der Waals surface area (Å²) < 4.78 is 18.8. The fourth-order valence-electron chi connectivity index (χ4n) is 5.36. The van der Waals surface area contributed by atoms with E-state index in [0.29, 0.717) is 39.5 Å². The predicted octanol–water partition coefficient (Wildman–Crippen LogP) is 4.89. The SMILES string of the molecule is Cc1cc(C(=O)NC(C)C2CC3CCC2C3)c2c(-c3ccc(F)cc3)noc2n1. The van der Waals surface area contributed by atoms with E-state index in [1.54, 1.807) is 18.2 Å². The summed E-state index contributed by atoms with van der Waals surface area (Å²) in [5, 5.41) is 7.92. The minimum atomic E-state index is -0.326. The Hall–Kier alpha value is -2.76. The van der Waals surface area contributed by atoms with E-state index in [2.05, 4.69) is 22.4 Å². The average molecular weight is 393 g/mol. The van der Waals surface area contributed by atoms with Gasteiger partial charge in [0.15, 0.2) is 0 Å². The van der Waals surface area contributed by atoms with Gasteiger partial charge >= 0.3 is 0 Å². The zero-order chi connectivity index (χ0) is 20.1. The van der Waals surface area contributed by atoms with Gasteiger partial charge in [-0.05, 0) is 81.2 Å². The molecule has 5 nitrogen and oxygen atoms in total. The molecule has 0 saturated heterocycles. The minimum Gasteiger partial charge on any atom is -0.349 e. The monoisotopic (exact) mass is 393 g/mol. The molecule has 2 heterocycles. The lowest BCUT2D eigenvalue weighted by atomic mass is 9.84. The molecular weight excluding hydrogens is 369 g/mol. The van der Waals surface area contributed by atoms with Gasteiger partial charge in [-0.2, -0.15) is 0 Å². The Kier molecular flexibility index (Phi) is 4.37. The van der Waals surface area contributed by atoms with Crippen molar-refractivity contribution in [3.8, 4) is 11.3 Å². The molecule has 150 valence electrons. The average Bonchev–Trinajstić information content (AvgIpc) is 3.43. The van der Waals surface area contributed by atoms with Crippen molar-refractivity contribution in [2.24, 2.45) is 17.8 Å². The minimum absolute atomic E-state index is 0.121. The number of nitrogens with zero attached hydrogens (tertiary/aromatic N) is 2.